The number of aromatic nitrogens is 4. The van der Waals surface area contributed by atoms with Crippen LogP contribution in [0.25, 0.3) is 11.0 Å². The lowest BCUT2D eigenvalue weighted by Gasteiger charge is -2.18. The predicted molar refractivity (Wildman–Crippen MR) is 83.8 cm³/mol. The molecule has 124 valence electrons. The van der Waals surface area contributed by atoms with Gasteiger partial charge in [0, 0.05) is 6.54 Å². The van der Waals surface area contributed by atoms with Gasteiger partial charge < -0.3 is 15.2 Å². The molecule has 8 heteroatoms. The summed E-state index contributed by atoms with van der Waals surface area (Å²) >= 11 is 0. The van der Waals surface area contributed by atoms with Crippen LogP contribution in [0.2, 0.25) is 0 Å². The van der Waals surface area contributed by atoms with Crippen LogP contribution in [-0.2, 0) is 16.1 Å². The Hall–Kier alpha value is -2.22. The molecule has 0 spiro atoms. The van der Waals surface area contributed by atoms with E-state index in [-0.39, 0.29) is 18.6 Å². The smallest absolute Gasteiger partial charge is 0.327 e. The van der Waals surface area contributed by atoms with Crippen LogP contribution in [0.5, 0.6) is 0 Å². The van der Waals surface area contributed by atoms with Gasteiger partial charge in [-0.05, 0) is 18.8 Å². The van der Waals surface area contributed by atoms with Gasteiger partial charge in [0.25, 0.3) is 0 Å². The number of aliphatic hydroxyl groups excluding tert-OH is 1. The van der Waals surface area contributed by atoms with Crippen molar-refractivity contribution in [2.45, 2.75) is 38.3 Å². The third kappa shape index (κ3) is 3.42. The monoisotopic (exact) mass is 319 g/mol. The van der Waals surface area contributed by atoms with Crippen LogP contribution < -0.4 is 5.32 Å². The molecule has 0 bridgehead atoms. The third-order valence-corrected chi connectivity index (χ3v) is 4.36. The topological polar surface area (TPSA) is 102 Å². The second kappa shape index (κ2) is 6.91. The Morgan fingerprint density at radius 1 is 1.48 bits per heavy atom. The standard InChI is InChI=1S/C15H21N5O3/c1-23-13(22)8-20-15-11(6-19-20)14(17-9-18-15)16-7-12(21)10-4-2-3-5-10/h6,9-10,12,21H,2-5,7-8H2,1H3,(H,16,17,18). The van der Waals surface area contributed by atoms with Crippen molar-refractivity contribution in [2.75, 3.05) is 19.0 Å². The first-order valence-electron chi connectivity index (χ1n) is 7.84. The molecule has 0 radical (unpaired) electrons. The molecule has 2 aromatic rings. The van der Waals surface area contributed by atoms with Gasteiger partial charge in [-0.2, -0.15) is 5.10 Å². The van der Waals surface area contributed by atoms with E-state index in [2.05, 4.69) is 25.1 Å². The van der Waals surface area contributed by atoms with E-state index in [1.807, 2.05) is 0 Å². The molecule has 0 saturated heterocycles. The molecule has 3 rings (SSSR count). The Kier molecular flexibility index (Phi) is 4.71. The van der Waals surface area contributed by atoms with Gasteiger partial charge in [0.05, 0.1) is 24.8 Å². The fourth-order valence-electron chi connectivity index (χ4n) is 3.05. The molecule has 0 aromatic carbocycles. The lowest BCUT2D eigenvalue weighted by atomic mass is 10.0. The maximum atomic E-state index is 11.4. The van der Waals surface area contributed by atoms with Crippen LogP contribution in [0, 0.1) is 5.92 Å². The number of nitrogens with one attached hydrogen (secondary N) is 1. The van der Waals surface area contributed by atoms with Gasteiger partial charge in [-0.3, -0.25) is 4.79 Å². The minimum absolute atomic E-state index is 0.00114. The van der Waals surface area contributed by atoms with E-state index in [9.17, 15) is 9.90 Å². The second-order valence-electron chi connectivity index (χ2n) is 5.83. The van der Waals surface area contributed by atoms with E-state index in [0.717, 1.165) is 18.2 Å². The summed E-state index contributed by atoms with van der Waals surface area (Å²) in [5.41, 5.74) is 0.559. The van der Waals surface area contributed by atoms with E-state index in [1.165, 1.54) is 31.0 Å². The number of rotatable bonds is 6. The number of hydrogen-bond acceptors (Lipinski definition) is 7. The molecular weight excluding hydrogens is 298 g/mol. The zero-order valence-corrected chi connectivity index (χ0v) is 13.1. The van der Waals surface area contributed by atoms with E-state index < -0.39 is 0 Å². The highest BCUT2D eigenvalue weighted by Crippen LogP contribution is 2.28. The van der Waals surface area contributed by atoms with Crippen LogP contribution >= 0.6 is 0 Å². The summed E-state index contributed by atoms with van der Waals surface area (Å²) in [5, 5.41) is 18.3. The normalized spacial score (nSPS) is 16.6. The van der Waals surface area contributed by atoms with Gasteiger partial charge in [0.2, 0.25) is 0 Å². The molecule has 2 heterocycles. The summed E-state index contributed by atoms with van der Waals surface area (Å²) in [5.74, 6) is 0.588. The van der Waals surface area contributed by atoms with Crippen molar-refractivity contribution < 1.29 is 14.6 Å². The lowest BCUT2D eigenvalue weighted by molar-refractivity contribution is -0.141. The van der Waals surface area contributed by atoms with Crippen molar-refractivity contribution in [2.24, 2.45) is 5.92 Å². The maximum Gasteiger partial charge on any atom is 0.327 e. The number of methoxy groups -OCH3 is 1. The van der Waals surface area contributed by atoms with Crippen LogP contribution in [0.15, 0.2) is 12.5 Å². The summed E-state index contributed by atoms with van der Waals surface area (Å²) in [6.07, 6.45) is 7.20. The Balaban J connectivity index is 1.72. The zero-order valence-electron chi connectivity index (χ0n) is 13.1. The number of fused-ring (bicyclic) bond motifs is 1. The molecular formula is C15H21N5O3. The van der Waals surface area contributed by atoms with Gasteiger partial charge >= 0.3 is 5.97 Å². The number of carbonyl (C=O) groups excluding carboxylic acids is 1. The average Bonchev–Trinajstić information content (AvgIpc) is 3.23. The summed E-state index contributed by atoms with van der Waals surface area (Å²) in [7, 11) is 1.33. The number of anilines is 1. The quantitative estimate of drug-likeness (QED) is 0.765. The SMILES string of the molecule is COC(=O)Cn1ncc2c(NCC(O)C3CCCC3)ncnc21. The molecule has 0 amide bonds. The molecule has 8 nitrogen and oxygen atoms in total. The molecule has 1 atom stereocenters. The van der Waals surface area contributed by atoms with Crippen LogP contribution in [-0.4, -0.2) is 50.6 Å². The Morgan fingerprint density at radius 3 is 3.00 bits per heavy atom. The fraction of sp³-hybridized carbons (Fsp3) is 0.600. The molecule has 1 aliphatic rings. The van der Waals surface area contributed by atoms with Gasteiger partial charge in [-0.15, -0.1) is 0 Å². The number of nitrogens with zero attached hydrogens (tertiary/aromatic N) is 4. The maximum absolute atomic E-state index is 11.4. The van der Waals surface area contributed by atoms with Crippen molar-refractivity contribution in [3.05, 3.63) is 12.5 Å². The molecule has 1 unspecified atom stereocenters. The molecule has 23 heavy (non-hydrogen) atoms. The van der Waals surface area contributed by atoms with Crippen LogP contribution in [0.1, 0.15) is 25.7 Å². The number of aliphatic hydroxyl groups is 1. The highest BCUT2D eigenvalue weighted by Gasteiger charge is 2.23. The second-order valence-corrected chi connectivity index (χ2v) is 5.83. The van der Waals surface area contributed by atoms with Crippen molar-refractivity contribution in [3.8, 4) is 0 Å². The zero-order chi connectivity index (χ0) is 16.2. The molecule has 1 aliphatic carbocycles. The summed E-state index contributed by atoms with van der Waals surface area (Å²) < 4.78 is 6.12. The third-order valence-electron chi connectivity index (χ3n) is 4.36. The number of ether oxygens (including phenoxy) is 1. The van der Waals surface area contributed by atoms with Crippen molar-refractivity contribution >= 4 is 22.8 Å². The van der Waals surface area contributed by atoms with Crippen LogP contribution in [0.4, 0.5) is 5.82 Å². The number of esters is 1. The van der Waals surface area contributed by atoms with Gasteiger partial charge in [0.1, 0.15) is 18.7 Å². The first-order chi connectivity index (χ1) is 11.2. The van der Waals surface area contributed by atoms with E-state index in [1.54, 1.807) is 6.20 Å². The summed E-state index contributed by atoms with van der Waals surface area (Å²) in [4.78, 5) is 19.8. The number of carbonyl (C=O) groups is 1. The van der Waals surface area contributed by atoms with Crippen molar-refractivity contribution in [1.29, 1.82) is 0 Å². The van der Waals surface area contributed by atoms with Crippen LogP contribution in [0.3, 0.4) is 0 Å². The van der Waals surface area contributed by atoms with Crippen molar-refractivity contribution in [1.82, 2.24) is 19.7 Å². The minimum Gasteiger partial charge on any atom is -0.468 e. The van der Waals surface area contributed by atoms with E-state index in [0.29, 0.717) is 23.9 Å². The van der Waals surface area contributed by atoms with Crippen molar-refractivity contribution in [3.63, 3.8) is 0 Å². The lowest BCUT2D eigenvalue weighted by Crippen LogP contribution is -2.27. The minimum atomic E-state index is -0.389. The summed E-state index contributed by atoms with van der Waals surface area (Å²) in [6, 6.07) is 0. The Labute approximate surface area is 133 Å². The van der Waals surface area contributed by atoms with E-state index in [4.69, 9.17) is 0 Å². The highest BCUT2D eigenvalue weighted by molar-refractivity contribution is 5.86. The first-order valence-corrected chi connectivity index (χ1v) is 7.84. The molecule has 2 N–H and O–H groups in total. The average molecular weight is 319 g/mol. The predicted octanol–water partition coefficient (Wildman–Crippen LogP) is 0.962. The molecule has 1 fully saturated rings. The molecule has 1 saturated carbocycles. The number of hydrogen-bond donors (Lipinski definition) is 2. The van der Waals surface area contributed by atoms with E-state index >= 15 is 0 Å². The van der Waals surface area contributed by atoms with Gasteiger partial charge in [0.15, 0.2) is 5.65 Å². The van der Waals surface area contributed by atoms with Gasteiger partial charge in [-0.25, -0.2) is 14.6 Å². The Morgan fingerprint density at radius 2 is 2.26 bits per heavy atom. The highest BCUT2D eigenvalue weighted by atomic mass is 16.5. The van der Waals surface area contributed by atoms with Gasteiger partial charge in [-0.1, -0.05) is 12.8 Å². The largest absolute Gasteiger partial charge is 0.468 e. The fourth-order valence-corrected chi connectivity index (χ4v) is 3.05. The summed E-state index contributed by atoms with van der Waals surface area (Å²) in [6.45, 7) is 0.445. The molecule has 2 aromatic heterocycles. The Bertz CT molecular complexity index is 681. The molecule has 0 aliphatic heterocycles. The first kappa shape index (κ1) is 15.7.